The maximum Gasteiger partial charge on any atom is 0.204 e. The van der Waals surface area contributed by atoms with Crippen molar-refractivity contribution in [3.63, 3.8) is 0 Å². The molecule has 2 rings (SSSR count). The van der Waals surface area contributed by atoms with E-state index < -0.39 is 0 Å². The summed E-state index contributed by atoms with van der Waals surface area (Å²) < 4.78 is 16.2. The molecule has 1 aliphatic carbocycles. The highest BCUT2D eigenvalue weighted by Gasteiger charge is 2.42. The van der Waals surface area contributed by atoms with Gasteiger partial charge in [-0.1, -0.05) is 6.92 Å². The molecular weight excluding hydrogens is 192 g/mol. The Balaban J connectivity index is 2.18. The number of allylic oxidation sites excluding steroid dienone is 1. The van der Waals surface area contributed by atoms with Crippen molar-refractivity contribution >= 4 is 0 Å². The predicted octanol–water partition coefficient (Wildman–Crippen LogP) is 2.18. The Morgan fingerprint density at radius 3 is 2.93 bits per heavy atom. The van der Waals surface area contributed by atoms with Crippen LogP contribution in [0.4, 0.5) is 0 Å². The van der Waals surface area contributed by atoms with Gasteiger partial charge in [-0.15, -0.1) is 0 Å². The molecule has 0 radical (unpaired) electrons. The predicted molar refractivity (Wildman–Crippen MR) is 57.2 cm³/mol. The Labute approximate surface area is 91.4 Å². The summed E-state index contributed by atoms with van der Waals surface area (Å²) in [6.07, 6.45) is 4.20. The summed E-state index contributed by atoms with van der Waals surface area (Å²) in [7, 11) is 3.44. The van der Waals surface area contributed by atoms with Gasteiger partial charge >= 0.3 is 0 Å². The first-order valence-corrected chi connectivity index (χ1v) is 5.64. The molecule has 0 amide bonds. The normalized spacial score (nSPS) is 39.5. The van der Waals surface area contributed by atoms with Gasteiger partial charge < -0.3 is 14.2 Å². The molecule has 0 aromatic carbocycles. The van der Waals surface area contributed by atoms with Crippen LogP contribution in [0, 0.1) is 17.8 Å². The van der Waals surface area contributed by atoms with E-state index >= 15 is 0 Å². The molecule has 86 valence electrons. The van der Waals surface area contributed by atoms with E-state index in [1.54, 1.807) is 14.2 Å². The van der Waals surface area contributed by atoms with E-state index in [1.165, 1.54) is 18.4 Å². The molecule has 3 heteroatoms. The van der Waals surface area contributed by atoms with Gasteiger partial charge in [-0.05, 0) is 30.3 Å². The average Bonchev–Trinajstić information content (AvgIpc) is 2.62. The standard InChI is InChI=1S/C12H20O3/c1-8-4-5-9-6-15-12(14-3)10(7-13-2)11(8)9/h6,8,10-12H,4-5,7H2,1-3H3. The molecule has 0 bridgehead atoms. The summed E-state index contributed by atoms with van der Waals surface area (Å²) in [5.41, 5.74) is 1.44. The lowest BCUT2D eigenvalue weighted by Crippen LogP contribution is -2.38. The van der Waals surface area contributed by atoms with Crippen LogP contribution in [-0.4, -0.2) is 27.1 Å². The van der Waals surface area contributed by atoms with E-state index in [4.69, 9.17) is 14.2 Å². The Morgan fingerprint density at radius 2 is 2.27 bits per heavy atom. The quantitative estimate of drug-likeness (QED) is 0.717. The average molecular weight is 212 g/mol. The smallest absolute Gasteiger partial charge is 0.204 e. The summed E-state index contributed by atoms with van der Waals surface area (Å²) in [5.74, 6) is 1.65. The molecule has 0 aromatic heterocycles. The molecule has 3 nitrogen and oxygen atoms in total. The molecule has 1 fully saturated rings. The minimum atomic E-state index is -0.140. The van der Waals surface area contributed by atoms with Crippen molar-refractivity contribution in [3.8, 4) is 0 Å². The summed E-state index contributed by atoms with van der Waals surface area (Å²) in [6, 6.07) is 0. The zero-order valence-electron chi connectivity index (χ0n) is 9.73. The molecule has 1 aliphatic heterocycles. The number of rotatable bonds is 3. The molecular formula is C12H20O3. The van der Waals surface area contributed by atoms with Crippen molar-refractivity contribution in [3.05, 3.63) is 11.8 Å². The van der Waals surface area contributed by atoms with Gasteiger partial charge in [0.2, 0.25) is 6.29 Å². The molecule has 0 N–H and O–H groups in total. The van der Waals surface area contributed by atoms with Crippen molar-refractivity contribution in [2.24, 2.45) is 17.8 Å². The molecule has 4 unspecified atom stereocenters. The monoisotopic (exact) mass is 212 g/mol. The molecule has 1 heterocycles. The maximum absolute atomic E-state index is 5.59. The van der Waals surface area contributed by atoms with Crippen LogP contribution in [0.25, 0.3) is 0 Å². The largest absolute Gasteiger partial charge is 0.472 e. The van der Waals surface area contributed by atoms with Crippen LogP contribution < -0.4 is 0 Å². The third-order valence-corrected chi connectivity index (χ3v) is 3.69. The number of fused-ring (bicyclic) bond motifs is 1. The van der Waals surface area contributed by atoms with Crippen LogP contribution in [0.5, 0.6) is 0 Å². The SMILES string of the molecule is COCC1C(OC)OC=C2CCC(C)C21. The van der Waals surface area contributed by atoms with E-state index in [0.717, 1.165) is 5.92 Å². The first-order chi connectivity index (χ1) is 7.27. The number of methoxy groups -OCH3 is 2. The Kier molecular flexibility index (Phi) is 3.32. The summed E-state index contributed by atoms with van der Waals surface area (Å²) >= 11 is 0. The van der Waals surface area contributed by atoms with Gasteiger partial charge in [-0.3, -0.25) is 0 Å². The van der Waals surface area contributed by atoms with Crippen molar-refractivity contribution in [1.29, 1.82) is 0 Å². The van der Waals surface area contributed by atoms with Crippen molar-refractivity contribution in [1.82, 2.24) is 0 Å². The molecule has 4 atom stereocenters. The second kappa shape index (κ2) is 4.54. The summed E-state index contributed by atoms with van der Waals surface area (Å²) in [4.78, 5) is 0. The van der Waals surface area contributed by atoms with Crippen molar-refractivity contribution < 1.29 is 14.2 Å². The fourth-order valence-electron chi connectivity index (χ4n) is 2.97. The van der Waals surface area contributed by atoms with Crippen molar-refractivity contribution in [2.45, 2.75) is 26.1 Å². The van der Waals surface area contributed by atoms with Gasteiger partial charge in [-0.2, -0.15) is 0 Å². The zero-order valence-corrected chi connectivity index (χ0v) is 9.73. The Morgan fingerprint density at radius 1 is 1.47 bits per heavy atom. The number of hydrogen-bond donors (Lipinski definition) is 0. The lowest BCUT2D eigenvalue weighted by Gasteiger charge is -2.36. The van der Waals surface area contributed by atoms with Crippen LogP contribution >= 0.6 is 0 Å². The molecule has 0 spiro atoms. The fraction of sp³-hybridized carbons (Fsp3) is 0.833. The molecule has 15 heavy (non-hydrogen) atoms. The van der Waals surface area contributed by atoms with Gasteiger partial charge in [0.05, 0.1) is 18.8 Å². The third kappa shape index (κ3) is 1.91. The zero-order chi connectivity index (χ0) is 10.8. The van der Waals surface area contributed by atoms with E-state index in [-0.39, 0.29) is 6.29 Å². The lowest BCUT2D eigenvalue weighted by atomic mass is 9.81. The molecule has 2 aliphatic rings. The molecule has 1 saturated carbocycles. The summed E-state index contributed by atoms with van der Waals surface area (Å²) in [5, 5.41) is 0. The van der Waals surface area contributed by atoms with Crippen LogP contribution in [-0.2, 0) is 14.2 Å². The van der Waals surface area contributed by atoms with Crippen LogP contribution in [0.3, 0.4) is 0 Å². The minimum absolute atomic E-state index is 0.140. The maximum atomic E-state index is 5.59. The first kappa shape index (κ1) is 11.0. The van der Waals surface area contributed by atoms with Crippen LogP contribution in [0.2, 0.25) is 0 Å². The van der Waals surface area contributed by atoms with Gasteiger partial charge in [0, 0.05) is 14.2 Å². The van der Waals surface area contributed by atoms with E-state index in [9.17, 15) is 0 Å². The van der Waals surface area contributed by atoms with Gasteiger partial charge in [-0.25, -0.2) is 0 Å². The topological polar surface area (TPSA) is 27.7 Å². The highest BCUT2D eigenvalue weighted by molar-refractivity contribution is 5.15. The lowest BCUT2D eigenvalue weighted by molar-refractivity contribution is -0.156. The first-order valence-electron chi connectivity index (χ1n) is 5.64. The summed E-state index contributed by atoms with van der Waals surface area (Å²) in [6.45, 7) is 3.02. The Hall–Kier alpha value is -0.540. The minimum Gasteiger partial charge on any atom is -0.472 e. The highest BCUT2D eigenvalue weighted by atomic mass is 16.7. The van der Waals surface area contributed by atoms with Crippen molar-refractivity contribution in [2.75, 3.05) is 20.8 Å². The molecule has 0 saturated heterocycles. The van der Waals surface area contributed by atoms with Crippen LogP contribution in [0.15, 0.2) is 11.8 Å². The highest BCUT2D eigenvalue weighted by Crippen LogP contribution is 2.45. The van der Waals surface area contributed by atoms with Gasteiger partial charge in [0.15, 0.2) is 0 Å². The van der Waals surface area contributed by atoms with E-state index in [0.29, 0.717) is 18.4 Å². The number of hydrogen-bond acceptors (Lipinski definition) is 3. The van der Waals surface area contributed by atoms with Crippen LogP contribution in [0.1, 0.15) is 19.8 Å². The van der Waals surface area contributed by atoms with Gasteiger partial charge in [0.1, 0.15) is 0 Å². The Bertz CT molecular complexity index is 249. The third-order valence-electron chi connectivity index (χ3n) is 3.69. The second-order valence-corrected chi connectivity index (χ2v) is 4.59. The van der Waals surface area contributed by atoms with Gasteiger partial charge in [0.25, 0.3) is 0 Å². The van der Waals surface area contributed by atoms with E-state index in [1.807, 2.05) is 6.26 Å². The fourth-order valence-corrected chi connectivity index (χ4v) is 2.97. The van der Waals surface area contributed by atoms with E-state index in [2.05, 4.69) is 6.92 Å². The molecule has 0 aromatic rings. The second-order valence-electron chi connectivity index (χ2n) is 4.59. The number of ether oxygens (including phenoxy) is 3.